The van der Waals surface area contributed by atoms with E-state index in [1.165, 1.54) is 5.69 Å². The third-order valence-corrected chi connectivity index (χ3v) is 7.46. The van der Waals surface area contributed by atoms with Crippen LogP contribution in [0, 0.1) is 11.3 Å². The number of aliphatic imine (C=N–C) groups is 1. The normalized spacial score (nSPS) is 27.6. The molecule has 6 rings (SSSR count). The van der Waals surface area contributed by atoms with E-state index in [-0.39, 0.29) is 0 Å². The molecule has 7 heteroatoms. The number of hydroxylamine groups is 2. The van der Waals surface area contributed by atoms with Crippen LogP contribution in [0.15, 0.2) is 71.2 Å². The lowest BCUT2D eigenvalue weighted by Gasteiger charge is -2.49. The van der Waals surface area contributed by atoms with Gasteiger partial charge in [-0.2, -0.15) is 5.26 Å². The summed E-state index contributed by atoms with van der Waals surface area (Å²) in [5.74, 6) is 1.15. The van der Waals surface area contributed by atoms with E-state index in [0.717, 1.165) is 61.2 Å². The molecule has 1 aliphatic carbocycles. The number of nitriles is 1. The quantitative estimate of drug-likeness (QED) is 0.701. The van der Waals surface area contributed by atoms with Crippen molar-refractivity contribution in [3.63, 3.8) is 0 Å². The predicted molar refractivity (Wildman–Crippen MR) is 135 cm³/mol. The van der Waals surface area contributed by atoms with Crippen LogP contribution in [-0.4, -0.2) is 36.8 Å². The van der Waals surface area contributed by atoms with Crippen LogP contribution in [0.4, 0.5) is 5.69 Å². The number of rotatable bonds is 2. The Kier molecular flexibility index (Phi) is 5.08. The first-order chi connectivity index (χ1) is 17.0. The highest BCUT2D eigenvalue weighted by atomic mass is 16.7. The highest BCUT2D eigenvalue weighted by molar-refractivity contribution is 5.79. The molecule has 178 valence electrons. The van der Waals surface area contributed by atoms with E-state index in [1.54, 1.807) is 12.1 Å². The summed E-state index contributed by atoms with van der Waals surface area (Å²) >= 11 is 0. The lowest BCUT2D eigenvalue weighted by molar-refractivity contribution is -0.205. The van der Waals surface area contributed by atoms with E-state index in [4.69, 9.17) is 20.3 Å². The number of hydrogen-bond donors (Lipinski definition) is 1. The molecule has 7 nitrogen and oxygen atoms in total. The summed E-state index contributed by atoms with van der Waals surface area (Å²) in [5, 5.41) is 10.9. The Bertz CT molecular complexity index is 1290. The fraction of sp³-hybridized carbons (Fsp3) is 0.357. The molecule has 0 bridgehead atoms. The second-order valence-corrected chi connectivity index (χ2v) is 9.86. The van der Waals surface area contributed by atoms with Gasteiger partial charge in [0, 0.05) is 31.3 Å². The van der Waals surface area contributed by atoms with Gasteiger partial charge in [0.2, 0.25) is 11.7 Å². The van der Waals surface area contributed by atoms with Gasteiger partial charge in [-0.05, 0) is 67.2 Å². The lowest BCUT2D eigenvalue weighted by atomic mass is 9.78. The molecule has 0 saturated carbocycles. The Morgan fingerprint density at radius 1 is 1.17 bits per heavy atom. The zero-order chi connectivity index (χ0) is 24.0. The van der Waals surface area contributed by atoms with Gasteiger partial charge in [-0.15, -0.1) is 0 Å². The molecular weight excluding hydrogens is 438 g/mol. The highest BCUT2D eigenvalue weighted by Crippen LogP contribution is 2.52. The Hall–Kier alpha value is -3.76. The van der Waals surface area contributed by atoms with Crippen molar-refractivity contribution in [2.75, 3.05) is 25.0 Å². The molecule has 1 saturated heterocycles. The van der Waals surface area contributed by atoms with E-state index in [2.05, 4.69) is 47.4 Å². The standard InChI is InChI=1S/C28H29N5O2/c1-32-26(30)31-28(35-32)18-27(13-6-14-33(19-27)23-9-3-2-4-10-23)34-25-12-11-22(16-24(25)28)21-8-5-7-20(15-21)17-29/h2-4,7,9-12,15-16H,5-6,8,13-14,18-19H2,1H3,(H2,30,31). The van der Waals surface area contributed by atoms with Crippen LogP contribution in [0.5, 0.6) is 5.75 Å². The molecule has 2 atom stereocenters. The molecule has 0 aromatic heterocycles. The van der Waals surface area contributed by atoms with Crippen molar-refractivity contribution in [3.8, 4) is 11.8 Å². The summed E-state index contributed by atoms with van der Waals surface area (Å²) in [7, 11) is 1.80. The zero-order valence-electron chi connectivity index (χ0n) is 19.9. The first kappa shape index (κ1) is 21.8. The number of hydrogen-bond acceptors (Lipinski definition) is 7. The second kappa shape index (κ2) is 8.17. The maximum atomic E-state index is 9.37. The fourth-order valence-corrected chi connectivity index (χ4v) is 5.85. The van der Waals surface area contributed by atoms with Crippen molar-refractivity contribution < 1.29 is 9.57 Å². The van der Waals surface area contributed by atoms with Crippen molar-refractivity contribution in [3.05, 3.63) is 77.4 Å². The van der Waals surface area contributed by atoms with Gasteiger partial charge < -0.3 is 15.4 Å². The van der Waals surface area contributed by atoms with Crippen LogP contribution in [0.1, 0.15) is 43.2 Å². The van der Waals surface area contributed by atoms with E-state index in [0.29, 0.717) is 18.0 Å². The molecule has 2 aromatic rings. The smallest absolute Gasteiger partial charge is 0.222 e. The van der Waals surface area contributed by atoms with Crippen LogP contribution < -0.4 is 15.4 Å². The van der Waals surface area contributed by atoms with E-state index >= 15 is 0 Å². The molecule has 3 heterocycles. The molecule has 2 aromatic carbocycles. The van der Waals surface area contributed by atoms with Crippen LogP contribution in [0.25, 0.3) is 5.57 Å². The van der Waals surface area contributed by atoms with Crippen molar-refractivity contribution in [1.29, 1.82) is 5.26 Å². The van der Waals surface area contributed by atoms with Gasteiger partial charge in [0.05, 0.1) is 18.2 Å². The summed E-state index contributed by atoms with van der Waals surface area (Å²) in [6, 6.07) is 19.0. The Balaban J connectivity index is 1.41. The molecule has 2 spiro atoms. The maximum Gasteiger partial charge on any atom is 0.222 e. The maximum absolute atomic E-state index is 9.37. The van der Waals surface area contributed by atoms with Crippen molar-refractivity contribution in [2.24, 2.45) is 10.7 Å². The number of anilines is 1. The number of ether oxygens (including phenoxy) is 1. The van der Waals surface area contributed by atoms with E-state index in [9.17, 15) is 5.26 Å². The fourth-order valence-electron chi connectivity index (χ4n) is 5.85. The van der Waals surface area contributed by atoms with Gasteiger partial charge in [-0.3, -0.25) is 0 Å². The predicted octanol–water partition coefficient (Wildman–Crippen LogP) is 4.48. The summed E-state index contributed by atoms with van der Waals surface area (Å²) in [4.78, 5) is 13.7. The molecule has 2 N–H and O–H groups in total. The minimum atomic E-state index is -0.939. The monoisotopic (exact) mass is 467 g/mol. The number of nitrogens with two attached hydrogens (primary N) is 1. The average molecular weight is 468 g/mol. The molecule has 4 aliphatic rings. The third-order valence-electron chi connectivity index (χ3n) is 7.46. The SMILES string of the molecule is CN1OC2(CC3(CCCN(c4ccccc4)C3)Oc3ccc(C4=CC(C#N)=CCC4)cc32)N=C1N. The average Bonchev–Trinajstić information content (AvgIpc) is 3.17. The molecule has 35 heavy (non-hydrogen) atoms. The summed E-state index contributed by atoms with van der Waals surface area (Å²) in [5.41, 5.74) is 9.84. The Morgan fingerprint density at radius 3 is 2.80 bits per heavy atom. The number of guanidine groups is 1. The molecule has 0 amide bonds. The van der Waals surface area contributed by atoms with E-state index < -0.39 is 11.3 Å². The molecule has 2 unspecified atom stereocenters. The number of benzene rings is 2. The number of fused-ring (bicyclic) bond motifs is 2. The van der Waals surface area contributed by atoms with Gasteiger partial charge in [0.15, 0.2) is 0 Å². The molecule has 3 aliphatic heterocycles. The minimum absolute atomic E-state index is 0.362. The van der Waals surface area contributed by atoms with Crippen molar-refractivity contribution >= 4 is 17.2 Å². The lowest BCUT2D eigenvalue weighted by Crippen LogP contribution is -2.57. The van der Waals surface area contributed by atoms with Gasteiger partial charge in [-0.25, -0.2) is 14.9 Å². The van der Waals surface area contributed by atoms with Crippen molar-refractivity contribution in [2.45, 2.75) is 43.4 Å². The largest absolute Gasteiger partial charge is 0.485 e. The number of para-hydroxylation sites is 1. The van der Waals surface area contributed by atoms with Crippen LogP contribution in [0.2, 0.25) is 0 Å². The van der Waals surface area contributed by atoms with Gasteiger partial charge >= 0.3 is 0 Å². The van der Waals surface area contributed by atoms with Crippen molar-refractivity contribution in [1.82, 2.24) is 5.06 Å². The number of nitrogens with zero attached hydrogens (tertiary/aromatic N) is 4. The van der Waals surface area contributed by atoms with Crippen LogP contribution in [0.3, 0.4) is 0 Å². The molecular formula is C28H29N5O2. The first-order valence-corrected chi connectivity index (χ1v) is 12.2. The van der Waals surface area contributed by atoms with Crippen LogP contribution >= 0.6 is 0 Å². The molecule has 1 fully saturated rings. The molecule has 0 radical (unpaired) electrons. The summed E-state index contributed by atoms with van der Waals surface area (Å²) in [6.45, 7) is 1.74. The van der Waals surface area contributed by atoms with Gasteiger partial charge in [0.25, 0.3) is 0 Å². The van der Waals surface area contributed by atoms with Gasteiger partial charge in [-0.1, -0.05) is 30.3 Å². The second-order valence-electron chi connectivity index (χ2n) is 9.86. The zero-order valence-corrected chi connectivity index (χ0v) is 19.9. The first-order valence-electron chi connectivity index (χ1n) is 12.2. The topological polar surface area (TPSA) is 87.1 Å². The number of allylic oxidation sites excluding steroid dienone is 4. The Labute approximate surface area is 205 Å². The van der Waals surface area contributed by atoms with E-state index in [1.807, 2.05) is 24.3 Å². The highest BCUT2D eigenvalue weighted by Gasteiger charge is 2.55. The minimum Gasteiger partial charge on any atom is -0.485 e. The summed E-state index contributed by atoms with van der Waals surface area (Å²) < 4.78 is 6.82. The third kappa shape index (κ3) is 3.75. The van der Waals surface area contributed by atoms with Gasteiger partial charge in [0.1, 0.15) is 11.4 Å². The number of piperidine rings is 1. The summed E-state index contributed by atoms with van der Waals surface area (Å²) in [6.07, 6.45) is 8.22. The Morgan fingerprint density at radius 2 is 2.03 bits per heavy atom. The van der Waals surface area contributed by atoms with Crippen LogP contribution in [-0.2, 0) is 10.6 Å².